The number of hydrogen-bond donors (Lipinski definition) is 2. The average molecular weight is 326 g/mol. The average Bonchev–Trinajstić information content (AvgIpc) is 2.84. The molecule has 3 N–H and O–H groups in total. The Morgan fingerprint density at radius 2 is 1.95 bits per heavy atom. The van der Waals surface area contributed by atoms with E-state index in [1.54, 1.807) is 0 Å². The van der Waals surface area contributed by atoms with Crippen LogP contribution in [0.4, 0.5) is 13.2 Å². The highest BCUT2D eigenvalue weighted by atomic mass is 32.2. The summed E-state index contributed by atoms with van der Waals surface area (Å²) in [6.45, 7) is 0.0345. The van der Waals surface area contributed by atoms with Crippen molar-refractivity contribution in [3.8, 4) is 0 Å². The van der Waals surface area contributed by atoms with Crippen molar-refractivity contribution in [2.75, 3.05) is 0 Å². The fourth-order valence-electron chi connectivity index (χ4n) is 2.60. The summed E-state index contributed by atoms with van der Waals surface area (Å²) in [5.74, 6) is -1.13. The summed E-state index contributed by atoms with van der Waals surface area (Å²) in [7, 11) is -3.93. The van der Waals surface area contributed by atoms with Crippen molar-refractivity contribution in [3.63, 3.8) is 0 Å². The molecular weight excluding hydrogens is 309 g/mol. The summed E-state index contributed by atoms with van der Waals surface area (Å²) >= 11 is 0. The summed E-state index contributed by atoms with van der Waals surface area (Å²) in [4.78, 5) is 0. The van der Waals surface area contributed by atoms with Crippen LogP contribution in [0.1, 0.15) is 31.4 Å². The lowest BCUT2D eigenvalue weighted by atomic mass is 9.84. The van der Waals surface area contributed by atoms with Gasteiger partial charge in [-0.3, -0.25) is 0 Å². The number of alkyl halides is 3. The van der Waals surface area contributed by atoms with Crippen molar-refractivity contribution < 1.29 is 26.0 Å². The highest BCUT2D eigenvalue weighted by molar-refractivity contribution is 7.89. The van der Waals surface area contributed by atoms with E-state index >= 15 is 0 Å². The molecule has 1 aliphatic carbocycles. The number of rotatable bonds is 4. The molecule has 0 aliphatic heterocycles. The van der Waals surface area contributed by atoms with Crippen LogP contribution >= 0.6 is 0 Å². The van der Waals surface area contributed by atoms with Gasteiger partial charge in [-0.05, 0) is 25.0 Å². The fraction of sp³-hybridized carbons (Fsp3) is 0.667. The van der Waals surface area contributed by atoms with Crippen molar-refractivity contribution in [1.29, 1.82) is 0 Å². The topological polar surface area (TPSA) is 85.3 Å². The van der Waals surface area contributed by atoms with E-state index in [1.165, 1.54) is 12.1 Å². The molecule has 0 saturated heterocycles. The van der Waals surface area contributed by atoms with Crippen LogP contribution in [-0.2, 0) is 16.6 Å². The second kappa shape index (κ2) is 5.98. The third kappa shape index (κ3) is 4.21. The monoisotopic (exact) mass is 326 g/mol. The number of primary sulfonamides is 1. The van der Waals surface area contributed by atoms with Gasteiger partial charge in [0.05, 0.1) is 12.5 Å². The number of furan rings is 1. The summed E-state index contributed by atoms with van der Waals surface area (Å²) < 4.78 is 65.9. The standard InChI is InChI=1S/C12H17F3N2O3S/c13-12(14,15)9-3-1-2-4-10(9)17-7-8-5-6-11(20-8)21(16,18)19/h5-6,9-10,17H,1-4,7H2,(H2,16,18,19). The van der Waals surface area contributed by atoms with Crippen LogP contribution in [0.25, 0.3) is 0 Å². The highest BCUT2D eigenvalue weighted by Gasteiger charge is 2.45. The second-order valence-corrected chi connectivity index (χ2v) is 6.68. The molecule has 0 spiro atoms. The third-order valence-corrected chi connectivity index (χ3v) is 4.42. The van der Waals surface area contributed by atoms with Gasteiger partial charge in [-0.2, -0.15) is 13.2 Å². The van der Waals surface area contributed by atoms with Gasteiger partial charge in [0.15, 0.2) is 0 Å². The van der Waals surface area contributed by atoms with Crippen molar-refractivity contribution in [2.24, 2.45) is 11.1 Å². The van der Waals surface area contributed by atoms with Crippen molar-refractivity contribution in [2.45, 2.75) is 49.5 Å². The maximum absolute atomic E-state index is 12.9. The molecule has 2 atom stereocenters. The molecule has 1 aliphatic rings. The van der Waals surface area contributed by atoms with E-state index in [4.69, 9.17) is 9.56 Å². The molecule has 120 valence electrons. The molecule has 0 radical (unpaired) electrons. The maximum Gasteiger partial charge on any atom is 0.393 e. The molecule has 21 heavy (non-hydrogen) atoms. The minimum Gasteiger partial charge on any atom is -0.447 e. The first-order valence-electron chi connectivity index (χ1n) is 6.59. The smallest absolute Gasteiger partial charge is 0.393 e. The number of nitrogens with one attached hydrogen (secondary N) is 1. The Morgan fingerprint density at radius 3 is 2.52 bits per heavy atom. The summed E-state index contributed by atoms with van der Waals surface area (Å²) in [5, 5.41) is 7.31. The van der Waals surface area contributed by atoms with Gasteiger partial charge >= 0.3 is 6.18 Å². The molecule has 2 rings (SSSR count). The first kappa shape index (κ1) is 16.3. The Bertz CT molecular complexity index is 583. The van der Waals surface area contributed by atoms with Gasteiger partial charge in [0, 0.05) is 6.04 Å². The third-order valence-electron chi connectivity index (χ3n) is 3.64. The van der Waals surface area contributed by atoms with E-state index in [0.717, 1.165) is 6.42 Å². The van der Waals surface area contributed by atoms with Crippen LogP contribution in [0.2, 0.25) is 0 Å². The van der Waals surface area contributed by atoms with E-state index < -0.39 is 33.3 Å². The fourth-order valence-corrected chi connectivity index (χ4v) is 3.09. The number of sulfonamides is 1. The molecular formula is C12H17F3N2O3S. The van der Waals surface area contributed by atoms with Crippen molar-refractivity contribution in [1.82, 2.24) is 5.32 Å². The largest absolute Gasteiger partial charge is 0.447 e. The SMILES string of the molecule is NS(=O)(=O)c1ccc(CNC2CCCCC2C(F)(F)F)o1. The van der Waals surface area contributed by atoms with E-state index in [0.29, 0.717) is 12.8 Å². The molecule has 1 aromatic heterocycles. The Labute approximate surface area is 120 Å². The normalized spacial score (nSPS) is 24.2. The first-order chi connectivity index (χ1) is 9.68. The Kier molecular flexibility index (Phi) is 4.64. The van der Waals surface area contributed by atoms with Crippen molar-refractivity contribution in [3.05, 3.63) is 17.9 Å². The van der Waals surface area contributed by atoms with Gasteiger partial charge in [0.2, 0.25) is 5.09 Å². The molecule has 0 aromatic carbocycles. The van der Waals surface area contributed by atoms with Gasteiger partial charge in [-0.15, -0.1) is 0 Å². The molecule has 1 saturated carbocycles. The van der Waals surface area contributed by atoms with Crippen LogP contribution in [0, 0.1) is 5.92 Å². The summed E-state index contributed by atoms with van der Waals surface area (Å²) in [6, 6.07) is 1.90. The minimum atomic E-state index is -4.23. The molecule has 0 bridgehead atoms. The van der Waals surface area contributed by atoms with Gasteiger partial charge in [-0.1, -0.05) is 12.8 Å². The van der Waals surface area contributed by atoms with Crippen LogP contribution < -0.4 is 10.5 Å². The number of halogens is 3. The Balaban J connectivity index is 1.99. The zero-order chi connectivity index (χ0) is 15.7. The lowest BCUT2D eigenvalue weighted by Gasteiger charge is -2.33. The van der Waals surface area contributed by atoms with Gasteiger partial charge in [0.25, 0.3) is 10.0 Å². The molecule has 1 fully saturated rings. The molecule has 9 heteroatoms. The van der Waals surface area contributed by atoms with Gasteiger partial charge in [-0.25, -0.2) is 13.6 Å². The lowest BCUT2D eigenvalue weighted by Crippen LogP contribution is -2.45. The van der Waals surface area contributed by atoms with Crippen LogP contribution in [0.5, 0.6) is 0 Å². The Morgan fingerprint density at radius 1 is 1.29 bits per heavy atom. The molecule has 1 aromatic rings. The first-order valence-corrected chi connectivity index (χ1v) is 8.14. The molecule has 0 amide bonds. The van der Waals surface area contributed by atoms with Gasteiger partial charge < -0.3 is 9.73 Å². The second-order valence-electron chi connectivity index (χ2n) is 5.19. The van der Waals surface area contributed by atoms with Crippen LogP contribution in [0.15, 0.2) is 21.6 Å². The van der Waals surface area contributed by atoms with Gasteiger partial charge in [0.1, 0.15) is 5.76 Å². The molecule has 1 heterocycles. The number of hydrogen-bond acceptors (Lipinski definition) is 4. The maximum atomic E-state index is 12.9. The summed E-state index contributed by atoms with van der Waals surface area (Å²) in [6.07, 6.45) is -2.37. The number of nitrogens with two attached hydrogens (primary N) is 1. The highest BCUT2D eigenvalue weighted by Crippen LogP contribution is 2.37. The van der Waals surface area contributed by atoms with E-state index in [2.05, 4.69) is 5.32 Å². The predicted octanol–water partition coefficient (Wildman–Crippen LogP) is 2.14. The quantitative estimate of drug-likeness (QED) is 0.888. The Hall–Kier alpha value is -1.06. The minimum absolute atomic E-state index is 0.0345. The van der Waals surface area contributed by atoms with E-state index in [-0.39, 0.29) is 18.7 Å². The molecule has 2 unspecified atom stereocenters. The summed E-state index contributed by atoms with van der Waals surface area (Å²) in [5.41, 5.74) is 0. The van der Waals surface area contributed by atoms with E-state index in [1.807, 2.05) is 0 Å². The predicted molar refractivity (Wildman–Crippen MR) is 68.7 cm³/mol. The van der Waals surface area contributed by atoms with Crippen molar-refractivity contribution >= 4 is 10.0 Å². The molecule has 5 nitrogen and oxygen atoms in total. The van der Waals surface area contributed by atoms with Crippen LogP contribution in [0.3, 0.4) is 0 Å². The zero-order valence-corrected chi connectivity index (χ0v) is 12.0. The van der Waals surface area contributed by atoms with Crippen LogP contribution in [-0.4, -0.2) is 20.6 Å². The zero-order valence-electron chi connectivity index (χ0n) is 11.2. The van der Waals surface area contributed by atoms with E-state index in [9.17, 15) is 21.6 Å². The lowest BCUT2D eigenvalue weighted by molar-refractivity contribution is -0.189.